The number of esters is 1. The lowest BCUT2D eigenvalue weighted by molar-refractivity contribution is -0.148. The zero-order chi connectivity index (χ0) is 16.9. The summed E-state index contributed by atoms with van der Waals surface area (Å²) in [5.74, 6) is 0.429. The van der Waals surface area contributed by atoms with E-state index in [0.717, 1.165) is 49.3 Å². The van der Waals surface area contributed by atoms with Crippen LogP contribution in [0.5, 0.6) is 0 Å². The van der Waals surface area contributed by atoms with Crippen molar-refractivity contribution in [2.24, 2.45) is 11.7 Å². The maximum absolute atomic E-state index is 11.5. The number of nitrogens with two attached hydrogens (primary N) is 1. The third-order valence-corrected chi connectivity index (χ3v) is 4.42. The van der Waals surface area contributed by atoms with Crippen LogP contribution in [0.3, 0.4) is 0 Å². The maximum Gasteiger partial charge on any atom is 0.306 e. The van der Waals surface area contributed by atoms with Crippen molar-refractivity contribution in [1.29, 1.82) is 0 Å². The zero-order valence-electron chi connectivity index (χ0n) is 13.5. The number of H-pyrrole nitrogens is 1. The van der Waals surface area contributed by atoms with Crippen LogP contribution in [0.2, 0.25) is 0 Å². The molecule has 0 spiro atoms. The van der Waals surface area contributed by atoms with Crippen LogP contribution in [0.4, 0.5) is 5.95 Å². The highest BCUT2D eigenvalue weighted by atomic mass is 16.5. The van der Waals surface area contributed by atoms with E-state index in [0.29, 0.717) is 12.3 Å². The maximum atomic E-state index is 11.5. The van der Waals surface area contributed by atoms with Gasteiger partial charge in [-0.15, -0.1) is 0 Å². The van der Waals surface area contributed by atoms with Gasteiger partial charge in [-0.1, -0.05) is 12.1 Å². The number of primary amides is 1. The predicted octanol–water partition coefficient (Wildman–Crippen LogP) is 1.59. The van der Waals surface area contributed by atoms with Gasteiger partial charge in [0.25, 0.3) is 5.91 Å². The Morgan fingerprint density at radius 2 is 2.04 bits per heavy atom. The summed E-state index contributed by atoms with van der Waals surface area (Å²) in [7, 11) is 0. The molecule has 0 saturated carbocycles. The van der Waals surface area contributed by atoms with E-state index in [4.69, 9.17) is 10.5 Å². The fourth-order valence-corrected chi connectivity index (χ4v) is 3.07. The normalized spacial score (nSPS) is 15.6. The van der Waals surface area contributed by atoms with Gasteiger partial charge < -0.3 is 20.4 Å². The van der Waals surface area contributed by atoms with E-state index >= 15 is 0 Å². The lowest BCUT2D eigenvalue weighted by atomic mass is 9.92. The number of benzene rings is 1. The number of amides is 1. The Balaban J connectivity index is 1.45. The molecule has 1 amide bonds. The number of hydrogen-bond donors (Lipinski definition) is 2. The summed E-state index contributed by atoms with van der Waals surface area (Å²) in [5, 5.41) is 0. The number of para-hydroxylation sites is 2. The number of nitrogens with one attached hydrogen (secondary N) is 1. The minimum atomic E-state index is -0.623. The number of fused-ring (bicyclic) bond motifs is 1. The van der Waals surface area contributed by atoms with Gasteiger partial charge in [-0.05, 0) is 37.3 Å². The van der Waals surface area contributed by atoms with Crippen molar-refractivity contribution in [3.8, 4) is 0 Å². The summed E-state index contributed by atoms with van der Waals surface area (Å²) in [5.41, 5.74) is 6.97. The Morgan fingerprint density at radius 3 is 2.75 bits per heavy atom. The Labute approximate surface area is 140 Å². The topological polar surface area (TPSA) is 101 Å². The van der Waals surface area contributed by atoms with Gasteiger partial charge in [0.2, 0.25) is 5.95 Å². The monoisotopic (exact) mass is 330 g/mol. The number of hydrogen-bond acceptors (Lipinski definition) is 5. The van der Waals surface area contributed by atoms with E-state index < -0.39 is 5.91 Å². The van der Waals surface area contributed by atoms with E-state index in [-0.39, 0.29) is 12.6 Å². The number of aromatic nitrogens is 2. The Kier molecular flexibility index (Phi) is 4.98. The molecule has 3 rings (SSSR count). The van der Waals surface area contributed by atoms with E-state index in [2.05, 4.69) is 14.9 Å². The number of rotatable bonds is 6. The van der Waals surface area contributed by atoms with Crippen LogP contribution < -0.4 is 10.6 Å². The molecule has 0 unspecified atom stereocenters. The molecule has 1 aromatic carbocycles. The molecule has 128 valence electrons. The molecule has 7 heteroatoms. The minimum Gasteiger partial charge on any atom is -0.456 e. The van der Waals surface area contributed by atoms with Crippen LogP contribution in [0, 0.1) is 5.92 Å². The molecule has 0 atom stereocenters. The summed E-state index contributed by atoms with van der Waals surface area (Å²) in [6.07, 6.45) is 3.15. The van der Waals surface area contributed by atoms with Crippen molar-refractivity contribution >= 4 is 28.9 Å². The van der Waals surface area contributed by atoms with Crippen molar-refractivity contribution < 1.29 is 14.3 Å². The molecular weight excluding hydrogens is 308 g/mol. The van der Waals surface area contributed by atoms with Gasteiger partial charge in [0, 0.05) is 19.5 Å². The van der Waals surface area contributed by atoms with Crippen LogP contribution in [-0.2, 0) is 14.3 Å². The summed E-state index contributed by atoms with van der Waals surface area (Å²) in [6, 6.07) is 8.00. The van der Waals surface area contributed by atoms with Crippen LogP contribution in [0.1, 0.15) is 25.7 Å². The second-order valence-electron chi connectivity index (χ2n) is 6.17. The molecule has 0 bridgehead atoms. The van der Waals surface area contributed by atoms with E-state index in [1.54, 1.807) is 0 Å². The fourth-order valence-electron chi connectivity index (χ4n) is 3.07. The van der Waals surface area contributed by atoms with E-state index in [1.807, 2.05) is 24.3 Å². The zero-order valence-corrected chi connectivity index (χ0v) is 13.5. The quantitative estimate of drug-likeness (QED) is 0.783. The van der Waals surface area contributed by atoms with Gasteiger partial charge in [-0.25, -0.2) is 4.98 Å². The number of ether oxygens (including phenoxy) is 1. The molecule has 24 heavy (non-hydrogen) atoms. The first-order valence-electron chi connectivity index (χ1n) is 8.25. The third kappa shape index (κ3) is 4.04. The number of nitrogens with zero attached hydrogens (tertiary/aromatic N) is 2. The van der Waals surface area contributed by atoms with Crippen molar-refractivity contribution in [3.63, 3.8) is 0 Å². The summed E-state index contributed by atoms with van der Waals surface area (Å²) < 4.78 is 4.78. The molecule has 1 aliphatic heterocycles. The van der Waals surface area contributed by atoms with Gasteiger partial charge in [0.1, 0.15) is 0 Å². The summed E-state index contributed by atoms with van der Waals surface area (Å²) >= 11 is 0. The molecule has 2 aromatic rings. The van der Waals surface area contributed by atoms with Crippen molar-refractivity contribution in [2.75, 3.05) is 24.6 Å². The molecule has 3 N–H and O–H groups in total. The second kappa shape index (κ2) is 7.33. The lowest BCUT2D eigenvalue weighted by Gasteiger charge is -2.31. The lowest BCUT2D eigenvalue weighted by Crippen LogP contribution is -2.34. The van der Waals surface area contributed by atoms with Crippen molar-refractivity contribution in [1.82, 2.24) is 9.97 Å². The smallest absolute Gasteiger partial charge is 0.306 e. The number of piperidine rings is 1. The molecule has 2 heterocycles. The minimum absolute atomic E-state index is 0.330. The van der Waals surface area contributed by atoms with E-state index in [9.17, 15) is 9.59 Å². The third-order valence-electron chi connectivity index (χ3n) is 4.42. The summed E-state index contributed by atoms with van der Waals surface area (Å²) in [6.45, 7) is 1.50. The number of imidazole rings is 1. The molecule has 7 nitrogen and oxygen atoms in total. The number of carbonyl (C=O) groups excluding carboxylic acids is 2. The Hall–Kier alpha value is -2.57. The first kappa shape index (κ1) is 16.3. The Morgan fingerprint density at radius 1 is 1.29 bits per heavy atom. The van der Waals surface area contributed by atoms with Gasteiger partial charge in [0.05, 0.1) is 11.0 Å². The average molecular weight is 330 g/mol. The molecule has 0 aliphatic carbocycles. The van der Waals surface area contributed by atoms with Crippen LogP contribution in [-0.4, -0.2) is 41.5 Å². The van der Waals surface area contributed by atoms with Gasteiger partial charge in [-0.3, -0.25) is 9.59 Å². The standard InChI is InChI=1S/C17H22N4O3/c18-15(22)11-24-16(23)6-5-12-7-9-21(10-8-12)17-19-13-3-1-2-4-14(13)20-17/h1-4,12H,5-11H2,(H2,18,22)(H,19,20). The SMILES string of the molecule is NC(=O)COC(=O)CCC1CCN(c2nc3ccccc3[nH]2)CC1. The van der Waals surface area contributed by atoms with Crippen LogP contribution >= 0.6 is 0 Å². The highest BCUT2D eigenvalue weighted by Gasteiger charge is 2.22. The highest BCUT2D eigenvalue weighted by molar-refractivity contribution is 5.79. The van der Waals surface area contributed by atoms with E-state index in [1.165, 1.54) is 0 Å². The largest absolute Gasteiger partial charge is 0.456 e. The van der Waals surface area contributed by atoms with Gasteiger partial charge in [-0.2, -0.15) is 0 Å². The summed E-state index contributed by atoms with van der Waals surface area (Å²) in [4.78, 5) is 32.3. The second-order valence-corrected chi connectivity index (χ2v) is 6.17. The molecular formula is C17H22N4O3. The van der Waals surface area contributed by atoms with Crippen molar-refractivity contribution in [3.05, 3.63) is 24.3 Å². The molecule has 1 saturated heterocycles. The van der Waals surface area contributed by atoms with Gasteiger partial charge >= 0.3 is 5.97 Å². The number of anilines is 1. The average Bonchev–Trinajstić information content (AvgIpc) is 3.02. The highest BCUT2D eigenvalue weighted by Crippen LogP contribution is 2.26. The number of carbonyl (C=O) groups is 2. The van der Waals surface area contributed by atoms with Crippen LogP contribution in [0.25, 0.3) is 11.0 Å². The van der Waals surface area contributed by atoms with Crippen LogP contribution in [0.15, 0.2) is 24.3 Å². The first-order chi connectivity index (χ1) is 11.6. The number of aromatic amines is 1. The molecule has 1 aromatic heterocycles. The molecule has 1 aliphatic rings. The molecule has 1 fully saturated rings. The van der Waals surface area contributed by atoms with Crippen molar-refractivity contribution in [2.45, 2.75) is 25.7 Å². The predicted molar refractivity (Wildman–Crippen MR) is 90.4 cm³/mol. The molecule has 0 radical (unpaired) electrons. The first-order valence-corrected chi connectivity index (χ1v) is 8.25. The van der Waals surface area contributed by atoms with Gasteiger partial charge in [0.15, 0.2) is 6.61 Å². The fraction of sp³-hybridized carbons (Fsp3) is 0.471. The Bertz CT molecular complexity index is 686.